The average Bonchev–Trinajstić information content (AvgIpc) is 3.24. The summed E-state index contributed by atoms with van der Waals surface area (Å²) < 4.78 is 37.2. The van der Waals surface area contributed by atoms with Gasteiger partial charge in [0.15, 0.2) is 5.60 Å². The Balaban J connectivity index is 2.13. The summed E-state index contributed by atoms with van der Waals surface area (Å²) in [5, 5.41) is 15.8. The molecule has 0 spiro atoms. The first-order valence-electron chi connectivity index (χ1n) is 11.4. The molecule has 0 saturated heterocycles. The SMILES string of the molecule is CCN(CC)S(=O)(=O)N=C(C)N1CC(OC/C=C/C(=O)O)(c2ccccc2)C(c2ccc(Cl)cc2)=N1. The van der Waals surface area contributed by atoms with Crippen molar-refractivity contribution >= 4 is 39.3 Å². The van der Waals surface area contributed by atoms with Crippen molar-refractivity contribution < 1.29 is 23.1 Å². The van der Waals surface area contributed by atoms with Crippen LogP contribution >= 0.6 is 11.6 Å². The average molecular weight is 533 g/mol. The number of amidine groups is 1. The van der Waals surface area contributed by atoms with Crippen molar-refractivity contribution in [2.24, 2.45) is 9.50 Å². The van der Waals surface area contributed by atoms with Crippen LogP contribution in [0.5, 0.6) is 0 Å². The van der Waals surface area contributed by atoms with Crippen LogP contribution in [0, 0.1) is 0 Å². The monoisotopic (exact) mass is 532 g/mol. The molecule has 1 aliphatic rings. The van der Waals surface area contributed by atoms with Gasteiger partial charge < -0.3 is 9.84 Å². The van der Waals surface area contributed by atoms with Crippen molar-refractivity contribution in [3.05, 3.63) is 82.9 Å². The number of carboxylic acids is 1. The maximum absolute atomic E-state index is 12.8. The normalized spacial score (nSPS) is 18.8. The first-order valence-corrected chi connectivity index (χ1v) is 13.2. The Labute approximate surface area is 216 Å². The highest BCUT2D eigenvalue weighted by atomic mass is 35.5. The lowest BCUT2D eigenvalue weighted by Gasteiger charge is -2.31. The van der Waals surface area contributed by atoms with Gasteiger partial charge in [-0.25, -0.2) is 9.80 Å². The van der Waals surface area contributed by atoms with E-state index >= 15 is 0 Å². The van der Waals surface area contributed by atoms with Crippen LogP contribution in [0.1, 0.15) is 31.9 Å². The highest BCUT2D eigenvalue weighted by molar-refractivity contribution is 7.87. The summed E-state index contributed by atoms with van der Waals surface area (Å²) in [6, 6.07) is 16.4. The van der Waals surface area contributed by atoms with Gasteiger partial charge in [0, 0.05) is 29.8 Å². The van der Waals surface area contributed by atoms with Crippen molar-refractivity contribution in [3.63, 3.8) is 0 Å². The van der Waals surface area contributed by atoms with Gasteiger partial charge in [0.25, 0.3) is 0 Å². The third-order valence-electron chi connectivity index (χ3n) is 5.67. The maximum Gasteiger partial charge on any atom is 0.328 e. The van der Waals surface area contributed by atoms with Crippen LogP contribution in [-0.2, 0) is 25.3 Å². The van der Waals surface area contributed by atoms with Gasteiger partial charge >= 0.3 is 16.2 Å². The van der Waals surface area contributed by atoms with Crippen LogP contribution in [0.4, 0.5) is 0 Å². The lowest BCUT2D eigenvalue weighted by atomic mass is 9.85. The van der Waals surface area contributed by atoms with Gasteiger partial charge in [0.05, 0.1) is 13.2 Å². The molecule has 11 heteroatoms. The Hall–Kier alpha value is -3.05. The van der Waals surface area contributed by atoms with Crippen LogP contribution in [0.15, 0.2) is 76.2 Å². The number of benzene rings is 2. The molecule has 2 aromatic rings. The molecule has 0 saturated carbocycles. The number of carboxylic acid groups (broad SMARTS) is 1. The highest BCUT2D eigenvalue weighted by Crippen LogP contribution is 2.37. The first kappa shape index (κ1) is 27.5. The van der Waals surface area contributed by atoms with Crippen molar-refractivity contribution in [2.75, 3.05) is 26.2 Å². The van der Waals surface area contributed by atoms with Crippen LogP contribution in [0.25, 0.3) is 0 Å². The molecule has 1 atom stereocenters. The van der Waals surface area contributed by atoms with E-state index in [0.29, 0.717) is 29.4 Å². The Bertz CT molecular complexity index is 1260. The summed E-state index contributed by atoms with van der Waals surface area (Å²) in [6.45, 7) is 5.77. The minimum absolute atomic E-state index is 0.0183. The van der Waals surface area contributed by atoms with E-state index in [1.54, 1.807) is 45.0 Å². The second-order valence-corrected chi connectivity index (χ2v) is 9.99. The van der Waals surface area contributed by atoms with E-state index in [2.05, 4.69) is 4.40 Å². The Morgan fingerprint density at radius 1 is 1.19 bits per heavy atom. The molecule has 0 bridgehead atoms. The van der Waals surface area contributed by atoms with E-state index in [1.165, 1.54) is 15.4 Å². The molecule has 9 nitrogen and oxygen atoms in total. The van der Waals surface area contributed by atoms with Crippen LogP contribution in [0.3, 0.4) is 0 Å². The van der Waals surface area contributed by atoms with Crippen molar-refractivity contribution in [2.45, 2.75) is 26.4 Å². The summed E-state index contributed by atoms with van der Waals surface area (Å²) in [6.07, 6.45) is 2.41. The lowest BCUT2D eigenvalue weighted by Crippen LogP contribution is -2.43. The zero-order valence-corrected chi connectivity index (χ0v) is 21.9. The van der Waals surface area contributed by atoms with E-state index < -0.39 is 21.8 Å². The molecular formula is C25H29ClN4O5S. The first-order chi connectivity index (χ1) is 17.1. The molecule has 1 aliphatic heterocycles. The van der Waals surface area contributed by atoms with Crippen molar-refractivity contribution in [1.29, 1.82) is 0 Å². The third-order valence-corrected chi connectivity index (χ3v) is 7.59. The fraction of sp³-hybridized carbons (Fsp3) is 0.320. The van der Waals surface area contributed by atoms with Gasteiger partial charge in [-0.2, -0.15) is 17.8 Å². The molecule has 0 fully saturated rings. The fourth-order valence-corrected chi connectivity index (χ4v) is 5.22. The van der Waals surface area contributed by atoms with Crippen molar-refractivity contribution in [3.8, 4) is 0 Å². The molecular weight excluding hydrogens is 504 g/mol. The predicted molar refractivity (Wildman–Crippen MR) is 140 cm³/mol. The van der Waals surface area contributed by atoms with E-state index in [1.807, 2.05) is 30.3 Å². The third kappa shape index (κ3) is 6.19. The molecule has 192 valence electrons. The number of hydrogen-bond donors (Lipinski definition) is 1. The van der Waals surface area contributed by atoms with E-state index in [0.717, 1.165) is 11.6 Å². The number of halogens is 1. The number of carbonyl (C=O) groups is 1. The second kappa shape index (κ2) is 11.8. The molecule has 0 radical (unpaired) electrons. The molecule has 36 heavy (non-hydrogen) atoms. The smallest absolute Gasteiger partial charge is 0.328 e. The zero-order valence-electron chi connectivity index (χ0n) is 20.3. The predicted octanol–water partition coefficient (Wildman–Crippen LogP) is 3.92. The van der Waals surface area contributed by atoms with Crippen LogP contribution in [-0.4, -0.2) is 66.6 Å². The van der Waals surface area contributed by atoms with Gasteiger partial charge in [0.1, 0.15) is 11.5 Å². The number of nitrogens with zero attached hydrogens (tertiary/aromatic N) is 4. The number of hydrogen-bond acceptors (Lipinski definition) is 5. The highest BCUT2D eigenvalue weighted by Gasteiger charge is 2.47. The van der Waals surface area contributed by atoms with E-state index in [-0.39, 0.29) is 19.0 Å². The van der Waals surface area contributed by atoms with Crippen LogP contribution in [0.2, 0.25) is 5.02 Å². The Morgan fingerprint density at radius 3 is 2.42 bits per heavy atom. The zero-order chi connectivity index (χ0) is 26.3. The molecule has 0 aliphatic carbocycles. The fourth-order valence-electron chi connectivity index (χ4n) is 3.90. The van der Waals surface area contributed by atoms with Crippen molar-refractivity contribution in [1.82, 2.24) is 9.31 Å². The minimum Gasteiger partial charge on any atom is -0.478 e. The summed E-state index contributed by atoms with van der Waals surface area (Å²) in [7, 11) is -3.90. The van der Waals surface area contributed by atoms with Gasteiger partial charge in [-0.15, -0.1) is 4.40 Å². The topological polar surface area (TPSA) is 112 Å². The number of rotatable bonds is 10. The maximum atomic E-state index is 12.8. The molecule has 2 aromatic carbocycles. The molecule has 3 rings (SSSR count). The minimum atomic E-state index is -3.90. The number of ether oxygens (including phenoxy) is 1. The second-order valence-electron chi connectivity index (χ2n) is 7.96. The summed E-state index contributed by atoms with van der Waals surface area (Å²) in [4.78, 5) is 11.0. The van der Waals surface area contributed by atoms with Gasteiger partial charge in [-0.1, -0.05) is 74.0 Å². The van der Waals surface area contributed by atoms with E-state index in [4.69, 9.17) is 26.5 Å². The largest absolute Gasteiger partial charge is 0.478 e. The summed E-state index contributed by atoms with van der Waals surface area (Å²) >= 11 is 6.11. The number of aliphatic carboxylic acids is 1. The Kier molecular flexibility index (Phi) is 9.02. The van der Waals surface area contributed by atoms with Gasteiger partial charge in [-0.05, 0) is 24.6 Å². The molecule has 1 heterocycles. The molecule has 1 N–H and O–H groups in total. The van der Waals surface area contributed by atoms with Crippen LogP contribution < -0.4 is 0 Å². The Morgan fingerprint density at radius 2 is 1.83 bits per heavy atom. The number of hydrazone groups is 1. The van der Waals surface area contributed by atoms with Gasteiger partial charge in [0.2, 0.25) is 0 Å². The summed E-state index contributed by atoms with van der Waals surface area (Å²) in [5.74, 6) is -0.910. The quantitative estimate of drug-likeness (QED) is 0.282. The summed E-state index contributed by atoms with van der Waals surface area (Å²) in [5.41, 5.74) is 0.855. The molecule has 1 unspecified atom stereocenters. The standard InChI is InChI=1S/C25H29ClN4O5S/c1-4-29(5-2)36(33,34)28-19(3)30-18-25(21-10-7-6-8-11-21,35-17-9-12-23(31)32)24(27-30)20-13-15-22(26)16-14-20/h6-16H,4-5,17-18H2,1-3H3,(H,31,32)/b12-9+,28-19?. The lowest BCUT2D eigenvalue weighted by molar-refractivity contribution is -0.131. The molecule has 0 amide bonds. The van der Waals surface area contributed by atoms with E-state index in [9.17, 15) is 13.2 Å². The molecule has 0 aromatic heterocycles. The van der Waals surface area contributed by atoms with Gasteiger partial charge in [-0.3, -0.25) is 0 Å².